The first-order chi connectivity index (χ1) is 15.0. The quantitative estimate of drug-likeness (QED) is 0.342. The average Bonchev–Trinajstić information content (AvgIpc) is 3.24. The molecule has 7 nitrogen and oxygen atoms in total. The van der Waals surface area contributed by atoms with Crippen LogP contribution in [0.1, 0.15) is 16.1 Å². The van der Waals surface area contributed by atoms with Crippen LogP contribution in [-0.4, -0.2) is 15.5 Å². The molecule has 9 heteroatoms. The van der Waals surface area contributed by atoms with Gasteiger partial charge in [-0.25, -0.2) is 4.98 Å². The van der Waals surface area contributed by atoms with E-state index in [4.69, 9.17) is 27.9 Å². The SMILES string of the molecule is O=C(NCc1ccc(Oc2cc[n+]([O-])cc2)cc1)c1cccn1-c1ncc(Cl)cc1Cl. The maximum absolute atomic E-state index is 12.7. The molecule has 1 amide bonds. The molecule has 0 bridgehead atoms. The predicted molar refractivity (Wildman–Crippen MR) is 117 cm³/mol. The van der Waals surface area contributed by atoms with Crippen molar-refractivity contribution >= 4 is 29.1 Å². The maximum Gasteiger partial charge on any atom is 0.268 e. The van der Waals surface area contributed by atoms with Crippen molar-refractivity contribution in [3.8, 4) is 17.3 Å². The molecule has 0 aliphatic heterocycles. The van der Waals surface area contributed by atoms with Gasteiger partial charge in [0.15, 0.2) is 18.2 Å². The van der Waals surface area contributed by atoms with E-state index in [2.05, 4.69) is 10.3 Å². The molecule has 0 saturated heterocycles. The zero-order valence-corrected chi connectivity index (χ0v) is 17.5. The lowest BCUT2D eigenvalue weighted by Crippen LogP contribution is -2.25. The van der Waals surface area contributed by atoms with E-state index in [9.17, 15) is 10.0 Å². The lowest BCUT2D eigenvalue weighted by atomic mass is 10.2. The highest BCUT2D eigenvalue weighted by Crippen LogP contribution is 2.24. The van der Waals surface area contributed by atoms with Crippen LogP contribution in [0.4, 0.5) is 0 Å². The van der Waals surface area contributed by atoms with Gasteiger partial charge in [-0.1, -0.05) is 35.3 Å². The Balaban J connectivity index is 1.40. The van der Waals surface area contributed by atoms with Crippen molar-refractivity contribution in [2.45, 2.75) is 6.54 Å². The van der Waals surface area contributed by atoms with Gasteiger partial charge < -0.3 is 15.3 Å². The van der Waals surface area contributed by atoms with Crippen LogP contribution in [0, 0.1) is 5.21 Å². The Morgan fingerprint density at radius 3 is 2.52 bits per heavy atom. The third-order valence-corrected chi connectivity index (χ3v) is 4.87. The normalized spacial score (nSPS) is 10.6. The number of pyridine rings is 2. The van der Waals surface area contributed by atoms with Gasteiger partial charge in [0.05, 0.1) is 10.0 Å². The van der Waals surface area contributed by atoms with Gasteiger partial charge in [-0.2, -0.15) is 4.73 Å². The topological polar surface area (TPSA) is 83.1 Å². The van der Waals surface area contributed by atoms with Crippen molar-refractivity contribution < 1.29 is 14.3 Å². The number of ether oxygens (including phenoxy) is 1. The minimum atomic E-state index is -0.270. The van der Waals surface area contributed by atoms with Gasteiger partial charge in [0, 0.05) is 31.1 Å². The van der Waals surface area contributed by atoms with E-state index >= 15 is 0 Å². The molecule has 3 aromatic heterocycles. The Morgan fingerprint density at radius 1 is 1.10 bits per heavy atom. The molecule has 0 radical (unpaired) electrons. The molecule has 0 aliphatic rings. The molecule has 0 aliphatic carbocycles. The van der Waals surface area contributed by atoms with E-state index in [-0.39, 0.29) is 5.91 Å². The summed E-state index contributed by atoms with van der Waals surface area (Å²) in [6, 6.07) is 15.4. The molecule has 1 N–H and O–H groups in total. The molecule has 0 saturated carbocycles. The molecule has 0 spiro atoms. The summed E-state index contributed by atoms with van der Waals surface area (Å²) in [5.41, 5.74) is 1.29. The molecule has 1 aromatic carbocycles. The van der Waals surface area contributed by atoms with Crippen LogP contribution in [0.15, 0.2) is 79.4 Å². The first kappa shape index (κ1) is 20.7. The number of nitrogens with zero attached hydrogens (tertiary/aromatic N) is 3. The van der Waals surface area contributed by atoms with Crippen LogP contribution in [0.3, 0.4) is 0 Å². The highest BCUT2D eigenvalue weighted by Gasteiger charge is 2.15. The first-order valence-electron chi connectivity index (χ1n) is 9.22. The van der Waals surface area contributed by atoms with Gasteiger partial charge in [-0.3, -0.25) is 9.36 Å². The number of aromatic nitrogens is 3. The van der Waals surface area contributed by atoms with Gasteiger partial charge in [0.25, 0.3) is 5.91 Å². The van der Waals surface area contributed by atoms with Crippen molar-refractivity contribution in [3.05, 3.63) is 106 Å². The third-order valence-electron chi connectivity index (χ3n) is 4.38. The Labute approximate surface area is 188 Å². The zero-order chi connectivity index (χ0) is 21.8. The Kier molecular flexibility index (Phi) is 6.06. The van der Waals surface area contributed by atoms with Crippen molar-refractivity contribution in [3.63, 3.8) is 0 Å². The summed E-state index contributed by atoms with van der Waals surface area (Å²) >= 11 is 12.1. The van der Waals surface area contributed by atoms with E-state index in [1.54, 1.807) is 53.2 Å². The number of benzene rings is 1. The Bertz CT molecular complexity index is 1210. The van der Waals surface area contributed by atoms with E-state index < -0.39 is 0 Å². The molecular weight excluding hydrogens is 439 g/mol. The number of hydrogen-bond acceptors (Lipinski definition) is 4. The Morgan fingerprint density at radius 2 is 1.81 bits per heavy atom. The second kappa shape index (κ2) is 9.07. The van der Waals surface area contributed by atoms with Crippen LogP contribution in [-0.2, 0) is 6.54 Å². The highest BCUT2D eigenvalue weighted by molar-refractivity contribution is 6.35. The number of rotatable bonds is 6. The second-order valence-corrected chi connectivity index (χ2v) is 7.39. The van der Waals surface area contributed by atoms with Crippen molar-refractivity contribution in [2.24, 2.45) is 0 Å². The summed E-state index contributed by atoms with van der Waals surface area (Å²) in [7, 11) is 0. The number of carbonyl (C=O) groups excluding carboxylic acids is 1. The lowest BCUT2D eigenvalue weighted by Gasteiger charge is -2.11. The average molecular weight is 455 g/mol. The lowest BCUT2D eigenvalue weighted by molar-refractivity contribution is -0.605. The molecule has 4 rings (SSSR count). The van der Waals surface area contributed by atoms with Gasteiger partial charge in [-0.05, 0) is 35.9 Å². The fourth-order valence-electron chi connectivity index (χ4n) is 2.89. The third kappa shape index (κ3) is 4.96. The van der Waals surface area contributed by atoms with E-state index in [1.807, 2.05) is 12.1 Å². The summed E-state index contributed by atoms with van der Waals surface area (Å²) in [4.78, 5) is 16.9. The second-order valence-electron chi connectivity index (χ2n) is 6.54. The number of halogens is 2. The molecular formula is C22H16Cl2N4O3. The summed E-state index contributed by atoms with van der Waals surface area (Å²) < 4.78 is 7.98. The van der Waals surface area contributed by atoms with Crippen LogP contribution in [0.2, 0.25) is 10.0 Å². The summed E-state index contributed by atoms with van der Waals surface area (Å²) in [6.45, 7) is 0.327. The number of hydrogen-bond donors (Lipinski definition) is 1. The monoisotopic (exact) mass is 454 g/mol. The Hall–Kier alpha value is -3.55. The van der Waals surface area contributed by atoms with Gasteiger partial charge in [0.2, 0.25) is 0 Å². The molecule has 31 heavy (non-hydrogen) atoms. The molecule has 156 valence electrons. The fourth-order valence-corrected chi connectivity index (χ4v) is 3.36. The largest absolute Gasteiger partial charge is 0.619 e. The van der Waals surface area contributed by atoms with Crippen LogP contribution >= 0.6 is 23.2 Å². The highest BCUT2D eigenvalue weighted by atomic mass is 35.5. The molecule has 0 fully saturated rings. The van der Waals surface area contributed by atoms with Crippen molar-refractivity contribution in [1.29, 1.82) is 0 Å². The van der Waals surface area contributed by atoms with Crippen molar-refractivity contribution in [1.82, 2.24) is 14.9 Å². The van der Waals surface area contributed by atoms with E-state index in [1.165, 1.54) is 18.6 Å². The standard InChI is InChI=1S/C22H16Cl2N4O3/c23-16-12-19(24)21(25-14-16)28-9-1-2-20(28)22(29)26-13-15-3-5-17(6-4-15)31-18-7-10-27(30)11-8-18/h1-12,14H,13H2,(H,26,29). The van der Waals surface area contributed by atoms with Gasteiger partial charge in [0.1, 0.15) is 17.2 Å². The summed E-state index contributed by atoms with van der Waals surface area (Å²) in [5, 5.41) is 14.7. The molecule has 3 heterocycles. The summed E-state index contributed by atoms with van der Waals surface area (Å²) in [5.74, 6) is 1.33. The van der Waals surface area contributed by atoms with E-state index in [0.29, 0.717) is 44.3 Å². The number of carbonyl (C=O) groups is 1. The minimum Gasteiger partial charge on any atom is -0.619 e. The molecule has 0 atom stereocenters. The molecule has 0 unspecified atom stereocenters. The predicted octanol–water partition coefficient (Wildman–Crippen LogP) is 4.53. The maximum atomic E-state index is 12.7. The van der Waals surface area contributed by atoms with Gasteiger partial charge >= 0.3 is 0 Å². The minimum absolute atomic E-state index is 0.270. The van der Waals surface area contributed by atoms with E-state index in [0.717, 1.165) is 5.56 Å². The number of amides is 1. The summed E-state index contributed by atoms with van der Waals surface area (Å²) in [6.07, 6.45) is 5.91. The van der Waals surface area contributed by atoms with Crippen LogP contribution in [0.5, 0.6) is 11.5 Å². The first-order valence-corrected chi connectivity index (χ1v) is 9.98. The molecule has 4 aromatic rings. The van der Waals surface area contributed by atoms with Crippen LogP contribution < -0.4 is 14.8 Å². The van der Waals surface area contributed by atoms with Crippen LogP contribution in [0.25, 0.3) is 5.82 Å². The zero-order valence-electron chi connectivity index (χ0n) is 16.0. The van der Waals surface area contributed by atoms with Crippen molar-refractivity contribution in [2.75, 3.05) is 0 Å². The van der Waals surface area contributed by atoms with Gasteiger partial charge in [-0.15, -0.1) is 0 Å². The fraction of sp³-hybridized carbons (Fsp3) is 0.0455. The number of nitrogens with one attached hydrogen (secondary N) is 1. The smallest absolute Gasteiger partial charge is 0.268 e.